The summed E-state index contributed by atoms with van der Waals surface area (Å²) in [4.78, 5) is 4.42. The van der Waals surface area contributed by atoms with E-state index in [0.717, 1.165) is 17.7 Å². The third-order valence-corrected chi connectivity index (χ3v) is 3.23. The van der Waals surface area contributed by atoms with E-state index in [2.05, 4.69) is 17.2 Å². The Hall–Kier alpha value is -2.14. The van der Waals surface area contributed by atoms with Crippen LogP contribution >= 0.6 is 12.2 Å². The summed E-state index contributed by atoms with van der Waals surface area (Å²) in [7, 11) is 1.58. The molecule has 0 amide bonds. The van der Waals surface area contributed by atoms with Gasteiger partial charge in [0, 0.05) is 5.69 Å². The molecule has 0 saturated heterocycles. The minimum absolute atomic E-state index is 0.257. The Kier molecular flexibility index (Phi) is 5.11. The lowest BCUT2D eigenvalue weighted by atomic mass is 10.1. The van der Waals surface area contributed by atoms with Crippen LogP contribution in [-0.4, -0.2) is 17.3 Å². The molecule has 0 bridgehead atoms. The molecule has 0 aliphatic rings. The van der Waals surface area contributed by atoms with Gasteiger partial charge in [0.2, 0.25) is 5.88 Å². The monoisotopic (exact) mass is 302 g/mol. The molecule has 110 valence electrons. The largest absolute Gasteiger partial charge is 0.480 e. The van der Waals surface area contributed by atoms with Crippen LogP contribution in [0.2, 0.25) is 0 Å². The average molecular weight is 302 g/mol. The van der Waals surface area contributed by atoms with Crippen LogP contribution in [0.1, 0.15) is 18.2 Å². The van der Waals surface area contributed by atoms with Gasteiger partial charge in [-0.2, -0.15) is 0 Å². The standard InChI is InChI=1S/C16H18N2O2S/c1-4-12-10-14(15(19-3)17-11(12)2)18-16(21)20-13-8-6-5-7-9-13/h5-10H,4H2,1-3H3,(H,18,21). The van der Waals surface area contributed by atoms with Crippen LogP contribution in [0, 0.1) is 6.92 Å². The van der Waals surface area contributed by atoms with Gasteiger partial charge in [0.15, 0.2) is 0 Å². The van der Waals surface area contributed by atoms with Gasteiger partial charge in [-0.05, 0) is 49.3 Å². The maximum absolute atomic E-state index is 5.56. The van der Waals surface area contributed by atoms with E-state index in [9.17, 15) is 0 Å². The van der Waals surface area contributed by atoms with Gasteiger partial charge < -0.3 is 14.8 Å². The number of aromatic nitrogens is 1. The number of rotatable bonds is 4. The molecule has 0 fully saturated rings. The van der Waals surface area contributed by atoms with Crippen LogP contribution in [0.25, 0.3) is 0 Å². The Morgan fingerprint density at radius 1 is 1.29 bits per heavy atom. The second kappa shape index (κ2) is 7.04. The number of hydrogen-bond donors (Lipinski definition) is 1. The number of benzene rings is 1. The maximum atomic E-state index is 5.56. The molecule has 0 aliphatic heterocycles. The number of methoxy groups -OCH3 is 1. The molecule has 1 heterocycles. The molecule has 1 N–H and O–H groups in total. The number of pyridine rings is 1. The lowest BCUT2D eigenvalue weighted by molar-refractivity contribution is 0.398. The maximum Gasteiger partial charge on any atom is 0.266 e. The number of thiocarbonyl (C=S) groups is 1. The van der Waals surface area contributed by atoms with Crippen LogP contribution in [0.15, 0.2) is 36.4 Å². The molecule has 2 aromatic rings. The van der Waals surface area contributed by atoms with Gasteiger partial charge in [0.1, 0.15) is 11.4 Å². The summed E-state index contributed by atoms with van der Waals surface area (Å²) in [5.41, 5.74) is 2.80. The van der Waals surface area contributed by atoms with Crippen molar-refractivity contribution in [3.63, 3.8) is 0 Å². The molecule has 0 unspecified atom stereocenters. The molecule has 21 heavy (non-hydrogen) atoms. The van der Waals surface area contributed by atoms with E-state index in [1.54, 1.807) is 7.11 Å². The molecule has 1 aromatic carbocycles. The van der Waals surface area contributed by atoms with E-state index in [1.807, 2.05) is 43.3 Å². The first-order valence-corrected chi connectivity index (χ1v) is 7.13. The fraction of sp³-hybridized carbons (Fsp3) is 0.250. The zero-order valence-corrected chi connectivity index (χ0v) is 13.2. The van der Waals surface area contributed by atoms with Crippen molar-refractivity contribution in [3.8, 4) is 11.6 Å². The van der Waals surface area contributed by atoms with Crippen molar-refractivity contribution in [3.05, 3.63) is 47.7 Å². The molecular weight excluding hydrogens is 284 g/mol. The highest BCUT2D eigenvalue weighted by Gasteiger charge is 2.11. The molecular formula is C16H18N2O2S. The minimum atomic E-state index is 0.257. The van der Waals surface area contributed by atoms with Gasteiger partial charge in [-0.1, -0.05) is 25.1 Å². The Morgan fingerprint density at radius 3 is 2.62 bits per heavy atom. The first-order valence-electron chi connectivity index (χ1n) is 6.72. The summed E-state index contributed by atoms with van der Waals surface area (Å²) in [5.74, 6) is 1.19. The van der Waals surface area contributed by atoms with Gasteiger partial charge in [-0.25, -0.2) is 4.98 Å². The van der Waals surface area contributed by atoms with Crippen molar-refractivity contribution >= 4 is 23.1 Å². The molecule has 0 spiro atoms. The number of aryl methyl sites for hydroxylation is 2. The summed E-state index contributed by atoms with van der Waals surface area (Å²) >= 11 is 5.22. The molecule has 4 nitrogen and oxygen atoms in total. The first-order chi connectivity index (χ1) is 10.1. The fourth-order valence-electron chi connectivity index (χ4n) is 1.96. The van der Waals surface area contributed by atoms with E-state index in [0.29, 0.717) is 17.3 Å². The van der Waals surface area contributed by atoms with E-state index in [1.165, 1.54) is 0 Å². The van der Waals surface area contributed by atoms with Gasteiger partial charge in [0.25, 0.3) is 5.17 Å². The highest BCUT2D eigenvalue weighted by atomic mass is 32.1. The Morgan fingerprint density at radius 2 is 2.00 bits per heavy atom. The molecule has 5 heteroatoms. The molecule has 0 saturated carbocycles. The van der Waals surface area contributed by atoms with Crippen LogP contribution in [0.4, 0.5) is 5.69 Å². The zero-order chi connectivity index (χ0) is 15.2. The number of nitrogens with one attached hydrogen (secondary N) is 1. The fourth-order valence-corrected chi connectivity index (χ4v) is 2.17. The quantitative estimate of drug-likeness (QED) is 0.872. The van der Waals surface area contributed by atoms with Crippen molar-refractivity contribution in [1.82, 2.24) is 4.98 Å². The number of hydrogen-bond acceptors (Lipinski definition) is 4. The summed E-state index contributed by atoms with van der Waals surface area (Å²) in [6.07, 6.45) is 0.893. The average Bonchev–Trinajstić information content (AvgIpc) is 2.49. The predicted molar refractivity (Wildman–Crippen MR) is 88.2 cm³/mol. The first kappa shape index (κ1) is 15.3. The topological polar surface area (TPSA) is 43.4 Å². The number of para-hydroxylation sites is 1. The van der Waals surface area contributed by atoms with Crippen LogP contribution in [0.3, 0.4) is 0 Å². The summed E-state index contributed by atoms with van der Waals surface area (Å²) in [6.45, 7) is 4.04. The van der Waals surface area contributed by atoms with Crippen molar-refractivity contribution in [2.45, 2.75) is 20.3 Å². The number of ether oxygens (including phenoxy) is 2. The van der Waals surface area contributed by atoms with Gasteiger partial charge >= 0.3 is 0 Å². The minimum Gasteiger partial charge on any atom is -0.480 e. The van der Waals surface area contributed by atoms with E-state index >= 15 is 0 Å². The molecule has 2 rings (SSSR count). The highest BCUT2D eigenvalue weighted by molar-refractivity contribution is 7.80. The SMILES string of the molecule is CCc1cc(NC(=S)Oc2ccccc2)c(OC)nc1C. The van der Waals surface area contributed by atoms with E-state index < -0.39 is 0 Å². The van der Waals surface area contributed by atoms with Crippen molar-refractivity contribution < 1.29 is 9.47 Å². The van der Waals surface area contributed by atoms with Gasteiger partial charge in [-0.3, -0.25) is 0 Å². The van der Waals surface area contributed by atoms with Crippen molar-refractivity contribution in [2.24, 2.45) is 0 Å². The normalized spacial score (nSPS) is 10.0. The predicted octanol–water partition coefficient (Wildman–Crippen LogP) is 3.74. The van der Waals surface area contributed by atoms with Gasteiger partial charge in [-0.15, -0.1) is 0 Å². The Balaban J connectivity index is 2.16. The lowest BCUT2D eigenvalue weighted by Crippen LogP contribution is -2.17. The number of anilines is 1. The summed E-state index contributed by atoms with van der Waals surface area (Å²) < 4.78 is 10.8. The van der Waals surface area contributed by atoms with Crippen LogP contribution < -0.4 is 14.8 Å². The highest BCUT2D eigenvalue weighted by Crippen LogP contribution is 2.25. The zero-order valence-electron chi connectivity index (χ0n) is 12.3. The molecule has 0 radical (unpaired) electrons. The Labute approximate surface area is 130 Å². The Bertz CT molecular complexity index is 630. The van der Waals surface area contributed by atoms with Crippen LogP contribution in [-0.2, 0) is 6.42 Å². The van der Waals surface area contributed by atoms with Crippen molar-refractivity contribution in [1.29, 1.82) is 0 Å². The molecule has 0 aliphatic carbocycles. The summed E-state index contributed by atoms with van der Waals surface area (Å²) in [5, 5.41) is 3.29. The lowest BCUT2D eigenvalue weighted by Gasteiger charge is -2.14. The van der Waals surface area contributed by atoms with Crippen LogP contribution in [0.5, 0.6) is 11.6 Å². The second-order valence-electron chi connectivity index (χ2n) is 4.47. The van der Waals surface area contributed by atoms with E-state index in [-0.39, 0.29) is 5.17 Å². The van der Waals surface area contributed by atoms with Gasteiger partial charge in [0.05, 0.1) is 7.11 Å². The second-order valence-corrected chi connectivity index (χ2v) is 4.84. The van der Waals surface area contributed by atoms with Crippen molar-refractivity contribution in [2.75, 3.05) is 12.4 Å². The number of nitrogens with zero attached hydrogens (tertiary/aromatic N) is 1. The molecule has 1 aromatic heterocycles. The summed E-state index contributed by atoms with van der Waals surface area (Å²) in [6, 6.07) is 11.4. The molecule has 0 atom stereocenters. The third-order valence-electron chi connectivity index (χ3n) is 3.05. The van der Waals surface area contributed by atoms with E-state index in [4.69, 9.17) is 21.7 Å². The third kappa shape index (κ3) is 3.92. The smallest absolute Gasteiger partial charge is 0.266 e.